The quantitative estimate of drug-likeness (QED) is 0.297. The van der Waals surface area contributed by atoms with Crippen molar-refractivity contribution in [1.82, 2.24) is 4.90 Å². The lowest BCUT2D eigenvalue weighted by Crippen LogP contribution is -2.53. The lowest BCUT2D eigenvalue weighted by atomic mass is 9.86. The second kappa shape index (κ2) is 12.9. The molecule has 4 N–H and O–H groups in total. The van der Waals surface area contributed by atoms with Gasteiger partial charge in [0.1, 0.15) is 11.9 Å². The van der Waals surface area contributed by atoms with Crippen LogP contribution in [0.5, 0.6) is 0 Å². The van der Waals surface area contributed by atoms with E-state index in [2.05, 4.69) is 4.90 Å². The number of carboxylic acid groups (broad SMARTS) is 2. The van der Waals surface area contributed by atoms with E-state index in [0.29, 0.717) is 6.54 Å². The predicted molar refractivity (Wildman–Crippen MR) is 126 cm³/mol. The normalized spacial score (nSPS) is 21.2. The maximum atomic E-state index is 13.7. The summed E-state index contributed by atoms with van der Waals surface area (Å²) in [6.45, 7) is 2.28. The number of rotatable bonds is 7. The Morgan fingerprint density at radius 3 is 1.97 bits per heavy atom. The summed E-state index contributed by atoms with van der Waals surface area (Å²) in [5, 5.41) is 32.5. The van der Waals surface area contributed by atoms with E-state index in [1.807, 2.05) is 0 Å². The monoisotopic (exact) mass is 558 g/mol. The van der Waals surface area contributed by atoms with Gasteiger partial charge in [0.05, 0.1) is 12.2 Å². The summed E-state index contributed by atoms with van der Waals surface area (Å²) in [5.74, 6) is -8.14. The van der Waals surface area contributed by atoms with Crippen molar-refractivity contribution in [2.75, 3.05) is 24.5 Å². The lowest BCUT2D eigenvalue weighted by Gasteiger charge is -2.44. The standard InChI is InChI=1S/C21H20F4N2O2.C4H6O6/c22-15-2-1-3-16(10-15)27(11-13-8-17(23)20(25)18(24)9-13)21(28)29-19-12-26-6-4-14(19)5-7-26;5-1(3(7)8)2(6)4(9)10/h1-3,8-10,14,19H,4-7,11-12H2;1-2,5-6H,(H,7,8)(H,9,10)/t19-;/m1./s1. The number of halogens is 4. The fourth-order valence-electron chi connectivity index (χ4n) is 4.29. The van der Waals surface area contributed by atoms with Gasteiger partial charge in [-0.05, 0) is 67.7 Å². The molecule has 3 atom stereocenters. The fourth-order valence-corrected chi connectivity index (χ4v) is 4.29. The first-order valence-electron chi connectivity index (χ1n) is 11.8. The summed E-state index contributed by atoms with van der Waals surface area (Å²) in [5.41, 5.74) is 0.206. The van der Waals surface area contributed by atoms with Crippen LogP contribution in [0, 0.1) is 29.2 Å². The molecule has 14 heteroatoms. The highest BCUT2D eigenvalue weighted by Gasteiger charge is 2.37. The Morgan fingerprint density at radius 1 is 0.949 bits per heavy atom. The fraction of sp³-hybridized carbons (Fsp3) is 0.400. The number of carbonyl (C=O) groups excluding carboxylic acids is 1. The molecular formula is C25H26F4N2O8. The number of aliphatic hydroxyl groups excluding tert-OH is 2. The first-order valence-corrected chi connectivity index (χ1v) is 11.8. The maximum absolute atomic E-state index is 13.7. The summed E-state index contributed by atoms with van der Waals surface area (Å²) in [6.07, 6.45) is -3.68. The van der Waals surface area contributed by atoms with Crippen LogP contribution in [0.1, 0.15) is 18.4 Å². The molecule has 0 spiro atoms. The lowest BCUT2D eigenvalue weighted by molar-refractivity contribution is -0.165. The SMILES string of the molecule is O=C(O)C(O)C(O)C(=O)O.O=C(O[C@@H]1CN2CCC1CC2)N(Cc1cc(F)c(F)c(F)c1)c1cccc(F)c1. The Labute approximate surface area is 219 Å². The van der Waals surface area contributed by atoms with Crippen LogP contribution in [0.4, 0.5) is 28.0 Å². The molecule has 0 saturated carbocycles. The number of benzene rings is 2. The van der Waals surface area contributed by atoms with E-state index in [-0.39, 0.29) is 29.8 Å². The first kappa shape index (κ1) is 29.8. The molecule has 3 aliphatic heterocycles. The summed E-state index contributed by atoms with van der Waals surface area (Å²) in [4.78, 5) is 35.8. The molecule has 0 radical (unpaired) electrons. The molecule has 5 rings (SSSR count). The van der Waals surface area contributed by atoms with Crippen molar-refractivity contribution in [2.24, 2.45) is 5.92 Å². The van der Waals surface area contributed by atoms with Gasteiger partial charge in [0.25, 0.3) is 0 Å². The minimum atomic E-state index is -2.27. The summed E-state index contributed by atoms with van der Waals surface area (Å²) >= 11 is 0. The number of anilines is 1. The summed E-state index contributed by atoms with van der Waals surface area (Å²) in [6, 6.07) is 6.90. The topological polar surface area (TPSA) is 148 Å². The number of fused-ring (bicyclic) bond motifs is 3. The zero-order valence-corrected chi connectivity index (χ0v) is 20.3. The van der Waals surface area contributed by atoms with E-state index < -0.39 is 53.5 Å². The molecule has 2 aromatic carbocycles. The van der Waals surface area contributed by atoms with Crippen molar-refractivity contribution >= 4 is 23.7 Å². The van der Waals surface area contributed by atoms with Crippen LogP contribution in [0.2, 0.25) is 0 Å². The molecular weight excluding hydrogens is 532 g/mol. The zero-order valence-electron chi connectivity index (χ0n) is 20.3. The Balaban J connectivity index is 0.000000360. The number of ether oxygens (including phenoxy) is 1. The van der Waals surface area contributed by atoms with Crippen molar-refractivity contribution in [3.63, 3.8) is 0 Å². The van der Waals surface area contributed by atoms with Crippen LogP contribution in [0.25, 0.3) is 0 Å². The predicted octanol–water partition coefficient (Wildman–Crippen LogP) is 2.36. The van der Waals surface area contributed by atoms with Crippen LogP contribution in [0.3, 0.4) is 0 Å². The molecule has 212 valence electrons. The average Bonchev–Trinajstić information content (AvgIpc) is 2.90. The largest absolute Gasteiger partial charge is 0.479 e. The smallest absolute Gasteiger partial charge is 0.414 e. The van der Waals surface area contributed by atoms with E-state index in [4.69, 9.17) is 25.2 Å². The second-order valence-electron chi connectivity index (χ2n) is 9.07. The Hall–Kier alpha value is -3.75. The number of amides is 1. The molecule has 3 heterocycles. The molecule has 3 aliphatic rings. The van der Waals surface area contributed by atoms with Crippen LogP contribution in [0.15, 0.2) is 36.4 Å². The number of aliphatic carboxylic acids is 2. The molecule has 0 aromatic heterocycles. The van der Waals surface area contributed by atoms with Crippen LogP contribution in [-0.4, -0.2) is 81.3 Å². The molecule has 3 saturated heterocycles. The number of piperidine rings is 3. The third kappa shape index (κ3) is 7.65. The van der Waals surface area contributed by atoms with Gasteiger partial charge in [-0.25, -0.2) is 31.9 Å². The van der Waals surface area contributed by atoms with Crippen molar-refractivity contribution in [1.29, 1.82) is 0 Å². The molecule has 10 nitrogen and oxygen atoms in total. The second-order valence-corrected chi connectivity index (χ2v) is 9.07. The Bertz CT molecular complexity index is 1170. The number of carbonyl (C=O) groups is 3. The number of aliphatic hydroxyl groups is 2. The number of carboxylic acids is 2. The van der Waals surface area contributed by atoms with Gasteiger partial charge in [0.15, 0.2) is 29.7 Å². The summed E-state index contributed by atoms with van der Waals surface area (Å²) in [7, 11) is 0. The minimum absolute atomic E-state index is 0.0246. The third-order valence-electron chi connectivity index (χ3n) is 6.38. The first-order chi connectivity index (χ1) is 18.4. The van der Waals surface area contributed by atoms with Crippen LogP contribution >= 0.6 is 0 Å². The molecule has 1 amide bonds. The third-order valence-corrected chi connectivity index (χ3v) is 6.38. The zero-order chi connectivity index (χ0) is 28.9. The average molecular weight is 558 g/mol. The van der Waals surface area contributed by atoms with Crippen LogP contribution in [-0.2, 0) is 20.9 Å². The number of nitrogens with zero attached hydrogens (tertiary/aromatic N) is 2. The van der Waals surface area contributed by atoms with E-state index in [1.54, 1.807) is 0 Å². The number of hydrogen-bond donors (Lipinski definition) is 4. The molecule has 39 heavy (non-hydrogen) atoms. The highest BCUT2D eigenvalue weighted by Crippen LogP contribution is 2.31. The van der Waals surface area contributed by atoms with Gasteiger partial charge in [-0.3, -0.25) is 9.80 Å². The highest BCUT2D eigenvalue weighted by molar-refractivity contribution is 5.87. The van der Waals surface area contributed by atoms with Gasteiger partial charge in [-0.1, -0.05) is 6.07 Å². The van der Waals surface area contributed by atoms with E-state index in [1.165, 1.54) is 18.2 Å². The molecule has 2 aromatic rings. The minimum Gasteiger partial charge on any atom is -0.479 e. The van der Waals surface area contributed by atoms with Crippen molar-refractivity contribution in [3.8, 4) is 0 Å². The van der Waals surface area contributed by atoms with Gasteiger partial charge in [-0.15, -0.1) is 0 Å². The molecule has 2 unspecified atom stereocenters. The highest BCUT2D eigenvalue weighted by atomic mass is 19.2. The van der Waals surface area contributed by atoms with Gasteiger partial charge < -0.3 is 25.2 Å². The Kier molecular flexibility index (Phi) is 9.83. The Morgan fingerprint density at radius 2 is 1.51 bits per heavy atom. The van der Waals surface area contributed by atoms with E-state index >= 15 is 0 Å². The van der Waals surface area contributed by atoms with Crippen molar-refractivity contribution in [2.45, 2.75) is 37.7 Å². The molecule has 2 bridgehead atoms. The van der Waals surface area contributed by atoms with Crippen molar-refractivity contribution in [3.05, 3.63) is 65.2 Å². The maximum Gasteiger partial charge on any atom is 0.414 e. The van der Waals surface area contributed by atoms with Crippen molar-refractivity contribution < 1.29 is 57.1 Å². The van der Waals surface area contributed by atoms with E-state index in [9.17, 15) is 31.9 Å². The van der Waals surface area contributed by atoms with Gasteiger partial charge in [0.2, 0.25) is 0 Å². The number of hydrogen-bond acceptors (Lipinski definition) is 7. The molecule has 3 fully saturated rings. The van der Waals surface area contributed by atoms with Gasteiger partial charge in [-0.2, -0.15) is 0 Å². The van der Waals surface area contributed by atoms with Gasteiger partial charge in [0, 0.05) is 6.54 Å². The van der Waals surface area contributed by atoms with Gasteiger partial charge >= 0.3 is 18.0 Å². The van der Waals surface area contributed by atoms with E-state index in [0.717, 1.165) is 49.0 Å². The van der Waals surface area contributed by atoms with Crippen LogP contribution < -0.4 is 4.90 Å². The molecule has 0 aliphatic carbocycles. The summed E-state index contributed by atoms with van der Waals surface area (Å²) < 4.78 is 59.9.